The van der Waals surface area contributed by atoms with Crippen LogP contribution in [0.5, 0.6) is 5.75 Å². The number of nitrogens with zero attached hydrogens (tertiary/aromatic N) is 3. The zero-order valence-electron chi connectivity index (χ0n) is 14.0. The van der Waals surface area contributed by atoms with E-state index in [1.807, 2.05) is 36.4 Å². The number of ether oxygens (including phenoxy) is 1. The van der Waals surface area contributed by atoms with E-state index in [0.29, 0.717) is 6.61 Å². The van der Waals surface area contributed by atoms with Crippen LogP contribution in [-0.4, -0.2) is 14.8 Å². The quantitative estimate of drug-likeness (QED) is 0.558. The Hall–Kier alpha value is -1.89. The average Bonchev–Trinajstić information content (AvgIpc) is 3.02. The van der Waals surface area contributed by atoms with E-state index in [1.165, 1.54) is 5.56 Å². The van der Waals surface area contributed by atoms with Crippen LogP contribution >= 0.6 is 22.6 Å². The summed E-state index contributed by atoms with van der Waals surface area (Å²) in [5.41, 5.74) is 2.41. The Bertz CT molecular complexity index is 822. The van der Waals surface area contributed by atoms with Crippen molar-refractivity contribution in [3.63, 3.8) is 0 Å². The van der Waals surface area contributed by atoms with E-state index in [9.17, 15) is 0 Å². The highest BCUT2D eigenvalue weighted by Gasteiger charge is 2.15. The Morgan fingerprint density at radius 2 is 1.83 bits per heavy atom. The van der Waals surface area contributed by atoms with Crippen LogP contribution in [-0.2, 0) is 12.0 Å². The lowest BCUT2D eigenvalue weighted by molar-refractivity contribution is 0.290. The van der Waals surface area contributed by atoms with Gasteiger partial charge < -0.3 is 4.74 Å². The molecule has 0 N–H and O–H groups in total. The van der Waals surface area contributed by atoms with Crippen LogP contribution < -0.4 is 4.74 Å². The molecule has 0 atom stereocenters. The molecular formula is C19H20IN3O. The Morgan fingerprint density at radius 1 is 1.08 bits per heavy atom. The van der Waals surface area contributed by atoms with Gasteiger partial charge in [0.1, 0.15) is 18.7 Å². The first-order chi connectivity index (χ1) is 11.4. The van der Waals surface area contributed by atoms with Gasteiger partial charge in [0.15, 0.2) is 5.82 Å². The Kier molecular flexibility index (Phi) is 4.89. The van der Waals surface area contributed by atoms with Crippen molar-refractivity contribution >= 4 is 22.6 Å². The molecule has 0 amide bonds. The summed E-state index contributed by atoms with van der Waals surface area (Å²) in [5.74, 6) is 1.64. The van der Waals surface area contributed by atoms with Crippen LogP contribution in [0.25, 0.3) is 5.69 Å². The highest BCUT2D eigenvalue weighted by molar-refractivity contribution is 14.1. The van der Waals surface area contributed by atoms with Crippen molar-refractivity contribution in [3.05, 3.63) is 69.8 Å². The molecule has 0 saturated carbocycles. The summed E-state index contributed by atoms with van der Waals surface area (Å²) in [6.07, 6.45) is 1.55. The molecule has 1 heterocycles. The molecule has 1 aromatic heterocycles. The third-order valence-electron chi connectivity index (χ3n) is 3.77. The van der Waals surface area contributed by atoms with Crippen molar-refractivity contribution in [2.45, 2.75) is 32.8 Å². The van der Waals surface area contributed by atoms with Crippen LogP contribution in [0.4, 0.5) is 0 Å². The summed E-state index contributed by atoms with van der Waals surface area (Å²) in [7, 11) is 0. The van der Waals surface area contributed by atoms with E-state index < -0.39 is 0 Å². The molecule has 0 fully saturated rings. The molecule has 124 valence electrons. The molecule has 0 saturated heterocycles. The molecule has 0 aliphatic heterocycles. The molecule has 0 unspecified atom stereocenters. The number of benzene rings is 2. The fraction of sp³-hybridized carbons (Fsp3) is 0.263. The lowest BCUT2D eigenvalue weighted by Gasteiger charge is -2.20. The molecule has 2 aromatic carbocycles. The molecule has 3 aromatic rings. The SMILES string of the molecule is CC(C)(C)c1ccc(OCc2ncnn2-c2ccccc2)c(I)c1. The van der Waals surface area contributed by atoms with Crippen molar-refractivity contribution < 1.29 is 4.74 Å². The summed E-state index contributed by atoms with van der Waals surface area (Å²) >= 11 is 2.32. The van der Waals surface area contributed by atoms with Crippen molar-refractivity contribution in [1.29, 1.82) is 0 Å². The topological polar surface area (TPSA) is 39.9 Å². The van der Waals surface area contributed by atoms with Crippen LogP contribution in [0.2, 0.25) is 0 Å². The van der Waals surface area contributed by atoms with Gasteiger partial charge in [-0.25, -0.2) is 9.67 Å². The molecule has 3 rings (SSSR count). The molecule has 5 heteroatoms. The fourth-order valence-corrected chi connectivity index (χ4v) is 3.05. The predicted octanol–water partition coefficient (Wildman–Crippen LogP) is 4.75. The largest absolute Gasteiger partial charge is 0.484 e. The van der Waals surface area contributed by atoms with E-state index in [4.69, 9.17) is 4.74 Å². The molecular weight excluding hydrogens is 413 g/mol. The number of aromatic nitrogens is 3. The van der Waals surface area contributed by atoms with Gasteiger partial charge in [0.05, 0.1) is 9.26 Å². The third kappa shape index (κ3) is 3.77. The molecule has 0 radical (unpaired) electrons. The lowest BCUT2D eigenvalue weighted by Crippen LogP contribution is -2.12. The van der Waals surface area contributed by atoms with E-state index in [1.54, 1.807) is 11.0 Å². The molecule has 4 nitrogen and oxygen atoms in total. The van der Waals surface area contributed by atoms with Gasteiger partial charge in [0, 0.05) is 0 Å². The number of hydrogen-bond acceptors (Lipinski definition) is 3. The summed E-state index contributed by atoms with van der Waals surface area (Å²) < 4.78 is 8.88. The first-order valence-electron chi connectivity index (χ1n) is 7.82. The minimum atomic E-state index is 0.131. The van der Waals surface area contributed by atoms with Crippen molar-refractivity contribution in [2.24, 2.45) is 0 Å². The summed E-state index contributed by atoms with van der Waals surface area (Å²) in [5, 5.41) is 4.29. The van der Waals surface area contributed by atoms with E-state index in [-0.39, 0.29) is 5.41 Å². The minimum Gasteiger partial charge on any atom is -0.484 e. The average molecular weight is 433 g/mol. The van der Waals surface area contributed by atoms with Gasteiger partial charge in [0.2, 0.25) is 0 Å². The zero-order valence-corrected chi connectivity index (χ0v) is 16.2. The number of rotatable bonds is 4. The van der Waals surface area contributed by atoms with Gasteiger partial charge in [-0.2, -0.15) is 5.10 Å². The van der Waals surface area contributed by atoms with Crippen LogP contribution in [0.15, 0.2) is 54.9 Å². The van der Waals surface area contributed by atoms with Crippen molar-refractivity contribution in [2.75, 3.05) is 0 Å². The maximum absolute atomic E-state index is 5.98. The Balaban J connectivity index is 1.77. The van der Waals surface area contributed by atoms with Gasteiger partial charge in [-0.3, -0.25) is 0 Å². The molecule has 0 aliphatic rings. The highest BCUT2D eigenvalue weighted by Crippen LogP contribution is 2.29. The molecule has 24 heavy (non-hydrogen) atoms. The predicted molar refractivity (Wildman–Crippen MR) is 104 cm³/mol. The monoisotopic (exact) mass is 433 g/mol. The van der Waals surface area contributed by atoms with E-state index in [0.717, 1.165) is 20.8 Å². The van der Waals surface area contributed by atoms with E-state index in [2.05, 4.69) is 65.6 Å². The maximum atomic E-state index is 5.98. The van der Waals surface area contributed by atoms with Crippen molar-refractivity contribution in [3.8, 4) is 11.4 Å². The highest BCUT2D eigenvalue weighted by atomic mass is 127. The number of hydrogen-bond donors (Lipinski definition) is 0. The molecule has 0 aliphatic carbocycles. The van der Waals surface area contributed by atoms with Crippen LogP contribution in [0.1, 0.15) is 32.2 Å². The standard InChI is InChI=1S/C19H20IN3O/c1-19(2,3)14-9-10-17(16(20)11-14)24-12-18-21-13-22-23(18)15-7-5-4-6-8-15/h4-11,13H,12H2,1-3H3. The molecule has 0 spiro atoms. The summed E-state index contributed by atoms with van der Waals surface area (Å²) in [4.78, 5) is 4.32. The third-order valence-corrected chi connectivity index (χ3v) is 4.62. The summed E-state index contributed by atoms with van der Waals surface area (Å²) in [6.45, 7) is 7.00. The normalized spacial score (nSPS) is 11.5. The zero-order chi connectivity index (χ0) is 17.2. The van der Waals surface area contributed by atoms with Gasteiger partial charge in [-0.1, -0.05) is 45.0 Å². The Morgan fingerprint density at radius 3 is 2.50 bits per heavy atom. The second kappa shape index (κ2) is 6.93. The van der Waals surface area contributed by atoms with Gasteiger partial charge in [-0.15, -0.1) is 0 Å². The number of halogens is 1. The minimum absolute atomic E-state index is 0.131. The second-order valence-corrected chi connectivity index (χ2v) is 7.77. The second-order valence-electron chi connectivity index (χ2n) is 6.61. The van der Waals surface area contributed by atoms with Crippen LogP contribution in [0, 0.1) is 3.57 Å². The maximum Gasteiger partial charge on any atom is 0.169 e. The number of para-hydroxylation sites is 1. The van der Waals surface area contributed by atoms with Crippen LogP contribution in [0.3, 0.4) is 0 Å². The smallest absolute Gasteiger partial charge is 0.169 e. The van der Waals surface area contributed by atoms with Gasteiger partial charge in [-0.05, 0) is 57.8 Å². The first-order valence-corrected chi connectivity index (χ1v) is 8.90. The van der Waals surface area contributed by atoms with Gasteiger partial charge >= 0.3 is 0 Å². The van der Waals surface area contributed by atoms with Crippen molar-refractivity contribution in [1.82, 2.24) is 14.8 Å². The lowest BCUT2D eigenvalue weighted by atomic mass is 9.87. The van der Waals surface area contributed by atoms with Gasteiger partial charge in [0.25, 0.3) is 0 Å². The van der Waals surface area contributed by atoms with E-state index >= 15 is 0 Å². The summed E-state index contributed by atoms with van der Waals surface area (Å²) in [6, 6.07) is 16.3. The fourth-order valence-electron chi connectivity index (χ4n) is 2.38. The first kappa shape index (κ1) is 17.0. The molecule has 0 bridgehead atoms. The Labute approximate surface area is 156 Å².